The Bertz CT molecular complexity index is 416. The Morgan fingerprint density at radius 1 is 1.10 bits per heavy atom. The van der Waals surface area contributed by atoms with E-state index in [0.717, 1.165) is 36.5 Å². The molecular formula is C16H22F3N. The number of halogens is 3. The van der Waals surface area contributed by atoms with Crippen LogP contribution in [0, 0.1) is 11.8 Å². The Kier molecular flexibility index (Phi) is 4.74. The maximum Gasteiger partial charge on any atom is 0.416 e. The van der Waals surface area contributed by atoms with Crippen LogP contribution < -0.4 is 5.73 Å². The standard InChI is InChI=1S/C16H22F3N/c1-2-11-3-5-12(6-4-11)15(20)13-7-9-14(10-8-13)16(17,18)19/h7-12,15H,2-6,20H2,1H3. The fraction of sp³-hybridized carbons (Fsp3) is 0.625. The van der Waals surface area contributed by atoms with Crippen molar-refractivity contribution in [1.82, 2.24) is 0 Å². The number of nitrogens with two attached hydrogens (primary N) is 1. The molecule has 1 aromatic carbocycles. The van der Waals surface area contributed by atoms with E-state index in [4.69, 9.17) is 5.73 Å². The molecule has 0 aliphatic heterocycles. The van der Waals surface area contributed by atoms with Crippen molar-refractivity contribution in [3.8, 4) is 0 Å². The van der Waals surface area contributed by atoms with Crippen molar-refractivity contribution in [3.63, 3.8) is 0 Å². The van der Waals surface area contributed by atoms with Gasteiger partial charge < -0.3 is 5.73 Å². The van der Waals surface area contributed by atoms with Crippen LogP contribution >= 0.6 is 0 Å². The molecule has 0 spiro atoms. The lowest BCUT2D eigenvalue weighted by Crippen LogP contribution is -2.26. The molecule has 1 aromatic rings. The van der Waals surface area contributed by atoms with E-state index in [1.807, 2.05) is 0 Å². The minimum atomic E-state index is -4.28. The quantitative estimate of drug-likeness (QED) is 0.838. The van der Waals surface area contributed by atoms with Crippen molar-refractivity contribution in [1.29, 1.82) is 0 Å². The summed E-state index contributed by atoms with van der Waals surface area (Å²) in [5, 5.41) is 0. The highest BCUT2D eigenvalue weighted by Crippen LogP contribution is 2.37. The smallest absolute Gasteiger partial charge is 0.324 e. The lowest BCUT2D eigenvalue weighted by molar-refractivity contribution is -0.137. The van der Waals surface area contributed by atoms with Crippen LogP contribution in [0.25, 0.3) is 0 Å². The van der Waals surface area contributed by atoms with E-state index in [1.165, 1.54) is 31.4 Å². The van der Waals surface area contributed by atoms with Crippen LogP contribution in [0.4, 0.5) is 13.2 Å². The number of alkyl halides is 3. The molecule has 2 N–H and O–H groups in total. The van der Waals surface area contributed by atoms with Gasteiger partial charge in [0.2, 0.25) is 0 Å². The highest BCUT2D eigenvalue weighted by molar-refractivity contribution is 5.27. The second-order valence-corrected chi connectivity index (χ2v) is 5.83. The Balaban J connectivity index is 2.01. The van der Waals surface area contributed by atoms with Gasteiger partial charge in [0.15, 0.2) is 0 Å². The van der Waals surface area contributed by atoms with Crippen LogP contribution in [0.3, 0.4) is 0 Å². The average molecular weight is 285 g/mol. The van der Waals surface area contributed by atoms with Crippen molar-refractivity contribution in [2.75, 3.05) is 0 Å². The largest absolute Gasteiger partial charge is 0.416 e. The summed E-state index contributed by atoms with van der Waals surface area (Å²) in [4.78, 5) is 0. The average Bonchev–Trinajstić information content (AvgIpc) is 2.46. The molecule has 0 aromatic heterocycles. The van der Waals surface area contributed by atoms with Crippen molar-refractivity contribution in [2.24, 2.45) is 17.6 Å². The predicted octanol–water partition coefficient (Wildman–Crippen LogP) is 4.92. The molecule has 1 fully saturated rings. The highest BCUT2D eigenvalue weighted by Gasteiger charge is 2.31. The topological polar surface area (TPSA) is 26.0 Å². The van der Waals surface area contributed by atoms with E-state index >= 15 is 0 Å². The summed E-state index contributed by atoms with van der Waals surface area (Å²) in [6, 6.07) is 5.17. The Labute approximate surface area is 118 Å². The lowest BCUT2D eigenvalue weighted by atomic mass is 9.76. The van der Waals surface area contributed by atoms with E-state index in [9.17, 15) is 13.2 Å². The van der Waals surface area contributed by atoms with Crippen LogP contribution in [-0.4, -0.2) is 0 Å². The first kappa shape index (κ1) is 15.4. The summed E-state index contributed by atoms with van der Waals surface area (Å²) < 4.78 is 37.6. The number of rotatable bonds is 3. The third kappa shape index (κ3) is 3.54. The molecule has 0 amide bonds. The minimum Gasteiger partial charge on any atom is -0.324 e. The third-order valence-electron chi connectivity index (χ3n) is 4.60. The van der Waals surface area contributed by atoms with Crippen LogP contribution in [0.5, 0.6) is 0 Å². The first-order chi connectivity index (χ1) is 9.41. The number of hydrogen-bond acceptors (Lipinski definition) is 1. The van der Waals surface area contributed by atoms with Gasteiger partial charge in [-0.15, -0.1) is 0 Å². The van der Waals surface area contributed by atoms with Gasteiger partial charge in [0.1, 0.15) is 0 Å². The Morgan fingerprint density at radius 3 is 2.10 bits per heavy atom. The van der Waals surface area contributed by atoms with Crippen LogP contribution in [0.2, 0.25) is 0 Å². The van der Waals surface area contributed by atoms with Crippen LogP contribution in [-0.2, 0) is 6.18 Å². The number of hydrogen-bond donors (Lipinski definition) is 1. The van der Waals surface area contributed by atoms with E-state index < -0.39 is 11.7 Å². The van der Waals surface area contributed by atoms with Crippen molar-refractivity contribution < 1.29 is 13.2 Å². The van der Waals surface area contributed by atoms with Crippen molar-refractivity contribution in [3.05, 3.63) is 35.4 Å². The molecule has 1 aliphatic carbocycles. The Hall–Kier alpha value is -1.03. The predicted molar refractivity (Wildman–Crippen MR) is 74.1 cm³/mol. The third-order valence-corrected chi connectivity index (χ3v) is 4.60. The van der Waals surface area contributed by atoms with Gasteiger partial charge in [0.05, 0.1) is 5.56 Å². The monoisotopic (exact) mass is 285 g/mol. The highest BCUT2D eigenvalue weighted by atomic mass is 19.4. The molecule has 0 heterocycles. The van der Waals surface area contributed by atoms with E-state index in [1.54, 1.807) is 0 Å². The van der Waals surface area contributed by atoms with Gasteiger partial charge in [-0.05, 0) is 42.4 Å². The van der Waals surface area contributed by atoms with E-state index in [-0.39, 0.29) is 6.04 Å². The van der Waals surface area contributed by atoms with Gasteiger partial charge in [-0.1, -0.05) is 38.3 Å². The van der Waals surface area contributed by atoms with Gasteiger partial charge in [0, 0.05) is 6.04 Å². The van der Waals surface area contributed by atoms with E-state index in [0.29, 0.717) is 5.92 Å². The van der Waals surface area contributed by atoms with Gasteiger partial charge in [0.25, 0.3) is 0 Å². The van der Waals surface area contributed by atoms with Crippen LogP contribution in [0.1, 0.15) is 56.2 Å². The summed E-state index contributed by atoms with van der Waals surface area (Å²) in [6.45, 7) is 2.21. The molecule has 0 saturated heterocycles. The molecule has 2 rings (SSSR count). The maximum atomic E-state index is 12.5. The maximum absolute atomic E-state index is 12.5. The van der Waals surface area contributed by atoms with Gasteiger partial charge in [-0.2, -0.15) is 13.2 Å². The summed E-state index contributed by atoms with van der Waals surface area (Å²) in [7, 11) is 0. The second-order valence-electron chi connectivity index (χ2n) is 5.83. The summed E-state index contributed by atoms with van der Waals surface area (Å²) in [5.41, 5.74) is 6.44. The van der Waals surface area contributed by atoms with Crippen molar-refractivity contribution >= 4 is 0 Å². The lowest BCUT2D eigenvalue weighted by Gasteiger charge is -2.32. The fourth-order valence-corrected chi connectivity index (χ4v) is 3.12. The summed E-state index contributed by atoms with van der Waals surface area (Å²) in [6.07, 6.45) is 1.48. The first-order valence-electron chi connectivity index (χ1n) is 7.34. The van der Waals surface area contributed by atoms with Gasteiger partial charge in [-0.3, -0.25) is 0 Å². The van der Waals surface area contributed by atoms with Gasteiger partial charge >= 0.3 is 6.18 Å². The SMILES string of the molecule is CCC1CCC(C(N)c2ccc(C(F)(F)F)cc2)CC1. The molecule has 0 radical (unpaired) electrons. The zero-order valence-electron chi connectivity index (χ0n) is 11.8. The fourth-order valence-electron chi connectivity index (χ4n) is 3.12. The first-order valence-corrected chi connectivity index (χ1v) is 7.34. The summed E-state index contributed by atoms with van der Waals surface area (Å²) in [5.74, 6) is 1.19. The molecule has 0 bridgehead atoms. The zero-order valence-corrected chi connectivity index (χ0v) is 11.8. The van der Waals surface area contributed by atoms with Crippen LogP contribution in [0.15, 0.2) is 24.3 Å². The molecule has 1 nitrogen and oxygen atoms in total. The number of benzene rings is 1. The molecule has 1 atom stereocenters. The normalized spacial score (nSPS) is 25.4. The van der Waals surface area contributed by atoms with Gasteiger partial charge in [-0.25, -0.2) is 0 Å². The molecule has 1 aliphatic rings. The Morgan fingerprint density at radius 2 is 1.65 bits per heavy atom. The van der Waals surface area contributed by atoms with Crippen molar-refractivity contribution in [2.45, 2.75) is 51.2 Å². The zero-order chi connectivity index (χ0) is 14.8. The summed E-state index contributed by atoms with van der Waals surface area (Å²) >= 11 is 0. The second kappa shape index (κ2) is 6.17. The molecule has 4 heteroatoms. The van der Waals surface area contributed by atoms with E-state index in [2.05, 4.69) is 6.92 Å². The minimum absolute atomic E-state index is 0.143. The molecule has 20 heavy (non-hydrogen) atoms. The molecular weight excluding hydrogens is 263 g/mol. The molecule has 1 unspecified atom stereocenters. The molecule has 112 valence electrons. The molecule has 1 saturated carbocycles.